The van der Waals surface area contributed by atoms with Crippen molar-refractivity contribution in [1.29, 1.82) is 0 Å². The molecule has 1 saturated carbocycles. The minimum absolute atomic E-state index is 0.324. The normalized spacial score (nSPS) is 15.2. The van der Waals surface area contributed by atoms with Crippen molar-refractivity contribution in [1.82, 2.24) is 10.3 Å². The number of ketones is 1. The van der Waals surface area contributed by atoms with Crippen molar-refractivity contribution >= 4 is 17.5 Å². The number of anilines is 1. The van der Waals surface area contributed by atoms with Crippen LogP contribution in [0, 0.1) is 11.8 Å². The smallest absolute Gasteiger partial charge is 0.251 e. The molecule has 1 aromatic heterocycles. The summed E-state index contributed by atoms with van der Waals surface area (Å²) in [6.45, 7) is 0.624. The molecule has 1 aliphatic rings. The molecule has 1 aromatic carbocycles. The zero-order valence-electron chi connectivity index (χ0n) is 16.8. The summed E-state index contributed by atoms with van der Waals surface area (Å²) in [5, 5.41) is 24.4. The van der Waals surface area contributed by atoms with E-state index in [-0.39, 0.29) is 0 Å². The van der Waals surface area contributed by atoms with Crippen LogP contribution in [0.4, 0.5) is 5.82 Å². The molecular weight excluding hydrogens is 382 g/mol. The number of hydrogen-bond donors (Lipinski definition) is 4. The maximum atomic E-state index is 12.3. The molecule has 0 unspecified atom stereocenters. The number of rotatable bonds is 7. The second-order valence-corrected chi connectivity index (χ2v) is 7.35. The third-order valence-electron chi connectivity index (χ3n) is 4.99. The van der Waals surface area contributed by atoms with Gasteiger partial charge in [0.15, 0.2) is 5.78 Å². The van der Waals surface area contributed by atoms with Gasteiger partial charge in [0.05, 0.1) is 6.10 Å². The molecule has 2 atom stereocenters. The summed E-state index contributed by atoms with van der Waals surface area (Å²) in [5.41, 5.74) is 1.84. The van der Waals surface area contributed by atoms with Crippen molar-refractivity contribution in [2.24, 2.45) is 0 Å². The Bertz CT molecular complexity index is 939. The van der Waals surface area contributed by atoms with Crippen molar-refractivity contribution < 1.29 is 19.8 Å². The summed E-state index contributed by atoms with van der Waals surface area (Å²) in [5.74, 6) is 5.76. The molecule has 1 aliphatic carbocycles. The highest BCUT2D eigenvalue weighted by Crippen LogP contribution is 2.22. The molecule has 156 valence electrons. The van der Waals surface area contributed by atoms with Crippen molar-refractivity contribution in [3.05, 3.63) is 59.3 Å². The molecule has 2 aromatic rings. The van der Waals surface area contributed by atoms with E-state index < -0.39 is 30.4 Å². The lowest BCUT2D eigenvalue weighted by molar-refractivity contribution is -0.125. The molecule has 7 heteroatoms. The molecule has 0 saturated heterocycles. The molecule has 0 radical (unpaired) electrons. The SMILES string of the molecule is C[C@@H](O)[C@H](NC(=O)c1ccc(C#Cc2ccc(NC3CCC3)nc2)cc1)C(=O)CO. The Balaban J connectivity index is 1.60. The number of carbonyl (C=O) groups is 2. The molecule has 30 heavy (non-hydrogen) atoms. The Morgan fingerprint density at radius 2 is 1.80 bits per heavy atom. The third kappa shape index (κ3) is 5.66. The number of hydrogen-bond acceptors (Lipinski definition) is 6. The topological polar surface area (TPSA) is 112 Å². The lowest BCUT2D eigenvalue weighted by atomic mass is 9.93. The first-order chi connectivity index (χ1) is 14.5. The standard InChI is InChI=1S/C23H25N3O4/c1-15(28)22(20(29)14-27)26-23(30)18-10-7-16(8-11-18)5-6-17-9-12-21(24-13-17)25-19-3-2-4-19/h7-13,15,19,22,27-28H,2-4,14H2,1H3,(H,24,25)(H,26,30)/t15-,22+/m1/s1. The number of nitrogens with one attached hydrogen (secondary N) is 2. The van der Waals surface area contributed by atoms with Crippen LogP contribution in [0.25, 0.3) is 0 Å². The number of pyridine rings is 1. The molecule has 0 bridgehead atoms. The highest BCUT2D eigenvalue weighted by atomic mass is 16.3. The van der Waals surface area contributed by atoms with Gasteiger partial charge in [0, 0.05) is 28.9 Å². The first-order valence-electron chi connectivity index (χ1n) is 9.93. The van der Waals surface area contributed by atoms with Gasteiger partial charge in [0.2, 0.25) is 0 Å². The summed E-state index contributed by atoms with van der Waals surface area (Å²) >= 11 is 0. The molecule has 1 heterocycles. The van der Waals surface area contributed by atoms with Crippen molar-refractivity contribution in [3.63, 3.8) is 0 Å². The van der Waals surface area contributed by atoms with Crippen LogP contribution in [0.15, 0.2) is 42.6 Å². The van der Waals surface area contributed by atoms with Gasteiger partial charge in [-0.1, -0.05) is 11.8 Å². The Labute approximate surface area is 175 Å². The number of aromatic nitrogens is 1. The molecule has 3 rings (SSSR count). The highest BCUT2D eigenvalue weighted by Gasteiger charge is 2.25. The Morgan fingerprint density at radius 1 is 1.13 bits per heavy atom. The van der Waals surface area contributed by atoms with Crippen LogP contribution in [0.1, 0.15) is 47.7 Å². The molecule has 0 aliphatic heterocycles. The van der Waals surface area contributed by atoms with Crippen LogP contribution in [-0.4, -0.2) is 51.7 Å². The van der Waals surface area contributed by atoms with E-state index in [1.54, 1.807) is 30.5 Å². The summed E-state index contributed by atoms with van der Waals surface area (Å²) in [6, 6.07) is 9.79. The van der Waals surface area contributed by atoms with Crippen molar-refractivity contribution in [2.75, 3.05) is 11.9 Å². The maximum Gasteiger partial charge on any atom is 0.251 e. The van der Waals surface area contributed by atoms with E-state index in [1.807, 2.05) is 12.1 Å². The van der Waals surface area contributed by atoms with E-state index in [2.05, 4.69) is 27.5 Å². The number of benzene rings is 1. The quantitative estimate of drug-likeness (QED) is 0.518. The van der Waals surface area contributed by atoms with Crippen LogP contribution < -0.4 is 10.6 Å². The summed E-state index contributed by atoms with van der Waals surface area (Å²) < 4.78 is 0. The predicted molar refractivity (Wildman–Crippen MR) is 113 cm³/mol. The van der Waals surface area contributed by atoms with Gasteiger partial charge in [-0.3, -0.25) is 9.59 Å². The lowest BCUT2D eigenvalue weighted by Gasteiger charge is -2.26. The van der Waals surface area contributed by atoms with E-state index in [0.717, 1.165) is 16.9 Å². The van der Waals surface area contributed by atoms with Gasteiger partial charge in [-0.05, 0) is 62.6 Å². The van der Waals surface area contributed by atoms with Crippen LogP contribution in [-0.2, 0) is 4.79 Å². The summed E-state index contributed by atoms with van der Waals surface area (Å²) in [4.78, 5) is 28.3. The van der Waals surface area contributed by atoms with Gasteiger partial charge >= 0.3 is 0 Å². The minimum atomic E-state index is -1.16. The number of aliphatic hydroxyl groups excluding tert-OH is 2. The zero-order chi connectivity index (χ0) is 21.5. The summed E-state index contributed by atoms with van der Waals surface area (Å²) in [6.07, 6.45) is 4.26. The maximum absolute atomic E-state index is 12.3. The number of aliphatic hydroxyl groups is 2. The van der Waals surface area contributed by atoms with Crippen LogP contribution in [0.5, 0.6) is 0 Å². The fourth-order valence-corrected chi connectivity index (χ4v) is 2.96. The van der Waals surface area contributed by atoms with Crippen LogP contribution >= 0.6 is 0 Å². The molecule has 1 fully saturated rings. The molecule has 0 spiro atoms. The number of nitrogens with zero attached hydrogens (tertiary/aromatic N) is 1. The third-order valence-corrected chi connectivity index (χ3v) is 4.99. The molecule has 1 amide bonds. The van der Waals surface area contributed by atoms with Gasteiger partial charge in [0.1, 0.15) is 18.5 Å². The van der Waals surface area contributed by atoms with Crippen molar-refractivity contribution in [2.45, 2.75) is 44.4 Å². The van der Waals surface area contributed by atoms with E-state index in [1.165, 1.54) is 26.2 Å². The second-order valence-electron chi connectivity index (χ2n) is 7.35. The molecule has 4 N–H and O–H groups in total. The number of Topliss-reactive ketones (excluding diaryl/α,β-unsaturated/α-hetero) is 1. The van der Waals surface area contributed by atoms with Gasteiger partial charge < -0.3 is 20.8 Å². The van der Waals surface area contributed by atoms with E-state index >= 15 is 0 Å². The molecule has 7 nitrogen and oxygen atoms in total. The Kier molecular flexibility index (Phi) is 7.17. The second kappa shape index (κ2) is 10.0. The first kappa shape index (κ1) is 21.5. The predicted octanol–water partition coefficient (Wildman–Crippen LogP) is 1.49. The van der Waals surface area contributed by atoms with Crippen LogP contribution in [0.3, 0.4) is 0 Å². The highest BCUT2D eigenvalue weighted by molar-refractivity contribution is 5.98. The first-order valence-corrected chi connectivity index (χ1v) is 9.93. The van der Waals surface area contributed by atoms with E-state index in [9.17, 15) is 14.7 Å². The lowest BCUT2D eigenvalue weighted by Crippen LogP contribution is -2.48. The fraction of sp³-hybridized carbons (Fsp3) is 0.348. The monoisotopic (exact) mass is 407 g/mol. The summed E-state index contributed by atoms with van der Waals surface area (Å²) in [7, 11) is 0. The van der Waals surface area contributed by atoms with Gasteiger partial charge in [-0.25, -0.2) is 4.98 Å². The number of amides is 1. The Morgan fingerprint density at radius 3 is 2.33 bits per heavy atom. The number of carbonyl (C=O) groups excluding carboxylic acids is 2. The largest absolute Gasteiger partial charge is 0.391 e. The van der Waals surface area contributed by atoms with Gasteiger partial charge in [-0.15, -0.1) is 0 Å². The zero-order valence-corrected chi connectivity index (χ0v) is 16.8. The van der Waals surface area contributed by atoms with E-state index in [4.69, 9.17) is 5.11 Å². The average molecular weight is 407 g/mol. The van der Waals surface area contributed by atoms with Crippen LogP contribution in [0.2, 0.25) is 0 Å². The van der Waals surface area contributed by atoms with Crippen molar-refractivity contribution in [3.8, 4) is 11.8 Å². The van der Waals surface area contributed by atoms with Gasteiger partial charge in [-0.2, -0.15) is 0 Å². The van der Waals surface area contributed by atoms with Gasteiger partial charge in [0.25, 0.3) is 5.91 Å². The molecular formula is C23H25N3O4. The average Bonchev–Trinajstić information content (AvgIpc) is 2.73. The fourth-order valence-electron chi connectivity index (χ4n) is 2.96. The minimum Gasteiger partial charge on any atom is -0.391 e. The Hall–Kier alpha value is -3.21. The van der Waals surface area contributed by atoms with E-state index in [0.29, 0.717) is 11.6 Å².